The Morgan fingerprint density at radius 2 is 2.29 bits per heavy atom. The first-order valence-electron chi connectivity index (χ1n) is 1.94. The first kappa shape index (κ1) is 5.72. The van der Waals surface area contributed by atoms with Crippen molar-refractivity contribution in [3.63, 3.8) is 0 Å². The number of hydrogen-bond donors (Lipinski definition) is 0. The maximum absolute atomic E-state index is 9.94. The molecule has 42 valence electrons. The Kier molecular flexibility index (Phi) is 1.50. The zero-order chi connectivity index (χ0) is 5.44. The standard InChI is InChI=1S/C3H5BrO2S/c4-2-1-3(2)7(5)6/h2-3H,1H2,(H,5,6)/p-1. The van der Waals surface area contributed by atoms with Crippen LogP contribution in [0.5, 0.6) is 0 Å². The van der Waals surface area contributed by atoms with E-state index < -0.39 is 11.1 Å². The monoisotopic (exact) mass is 183 g/mol. The van der Waals surface area contributed by atoms with Crippen LogP contribution in [-0.4, -0.2) is 18.8 Å². The molecule has 0 spiro atoms. The van der Waals surface area contributed by atoms with Crippen molar-refractivity contribution in [3.8, 4) is 0 Å². The van der Waals surface area contributed by atoms with Crippen LogP contribution in [0.3, 0.4) is 0 Å². The van der Waals surface area contributed by atoms with Gasteiger partial charge in [0.1, 0.15) is 0 Å². The maximum atomic E-state index is 9.94. The molecule has 1 aliphatic rings. The van der Waals surface area contributed by atoms with Crippen LogP contribution in [0, 0.1) is 0 Å². The zero-order valence-corrected chi connectivity index (χ0v) is 5.87. The number of hydrogen-bond acceptors (Lipinski definition) is 2. The summed E-state index contributed by atoms with van der Waals surface area (Å²) in [5, 5.41) is -0.0972. The van der Waals surface area contributed by atoms with Crippen molar-refractivity contribution in [1.82, 2.24) is 0 Å². The second kappa shape index (κ2) is 1.84. The van der Waals surface area contributed by atoms with Gasteiger partial charge in [0.15, 0.2) is 0 Å². The lowest BCUT2D eigenvalue weighted by Gasteiger charge is -1.97. The molecule has 0 aromatic rings. The van der Waals surface area contributed by atoms with Crippen LogP contribution in [-0.2, 0) is 11.1 Å². The Morgan fingerprint density at radius 1 is 1.86 bits per heavy atom. The van der Waals surface area contributed by atoms with E-state index in [-0.39, 0.29) is 10.1 Å². The molecule has 1 saturated carbocycles. The maximum Gasteiger partial charge on any atom is 0.0352 e. The first-order valence-corrected chi connectivity index (χ1v) is 3.99. The van der Waals surface area contributed by atoms with Crippen molar-refractivity contribution >= 4 is 27.0 Å². The van der Waals surface area contributed by atoms with Crippen molar-refractivity contribution in [2.75, 3.05) is 0 Å². The highest BCUT2D eigenvalue weighted by Crippen LogP contribution is 2.33. The van der Waals surface area contributed by atoms with Gasteiger partial charge in [0.2, 0.25) is 0 Å². The smallest absolute Gasteiger partial charge is 0.0352 e. The minimum absolute atomic E-state index is 0.0972. The molecule has 1 fully saturated rings. The third-order valence-electron chi connectivity index (χ3n) is 0.905. The molecule has 7 heavy (non-hydrogen) atoms. The molecule has 1 rings (SSSR count). The van der Waals surface area contributed by atoms with Gasteiger partial charge in [-0.25, -0.2) is 0 Å². The lowest BCUT2D eigenvalue weighted by molar-refractivity contribution is 0.536. The molecule has 0 amide bonds. The SMILES string of the molecule is O=S([O-])C1CC1Br. The van der Waals surface area contributed by atoms with E-state index in [4.69, 9.17) is 0 Å². The molecule has 0 aromatic heterocycles. The van der Waals surface area contributed by atoms with E-state index in [0.717, 1.165) is 6.42 Å². The molecule has 0 aliphatic heterocycles. The lowest BCUT2D eigenvalue weighted by Crippen LogP contribution is -1.95. The average molecular weight is 184 g/mol. The summed E-state index contributed by atoms with van der Waals surface area (Å²) in [5.41, 5.74) is 0. The third-order valence-corrected chi connectivity index (χ3v) is 3.28. The van der Waals surface area contributed by atoms with E-state index in [2.05, 4.69) is 15.9 Å². The summed E-state index contributed by atoms with van der Waals surface area (Å²) in [5.74, 6) is 0. The first-order chi connectivity index (χ1) is 3.22. The van der Waals surface area contributed by atoms with Gasteiger partial charge in [-0.3, -0.25) is 4.21 Å². The third kappa shape index (κ3) is 1.24. The molecule has 1 aliphatic carbocycles. The van der Waals surface area contributed by atoms with Gasteiger partial charge in [-0.1, -0.05) is 27.0 Å². The minimum Gasteiger partial charge on any atom is -0.772 e. The van der Waals surface area contributed by atoms with E-state index in [9.17, 15) is 8.76 Å². The lowest BCUT2D eigenvalue weighted by atomic mass is 11.0. The van der Waals surface area contributed by atoms with Crippen LogP contribution in [0.4, 0.5) is 0 Å². The molecule has 0 N–H and O–H groups in total. The molecule has 0 saturated heterocycles. The summed E-state index contributed by atoms with van der Waals surface area (Å²) in [4.78, 5) is 0.242. The van der Waals surface area contributed by atoms with Crippen molar-refractivity contribution in [1.29, 1.82) is 0 Å². The summed E-state index contributed by atoms with van der Waals surface area (Å²) in [6.45, 7) is 0. The highest BCUT2D eigenvalue weighted by molar-refractivity contribution is 9.09. The summed E-state index contributed by atoms with van der Waals surface area (Å²) >= 11 is 1.32. The predicted octanol–water partition coefficient (Wildman–Crippen LogP) is 0.401. The Morgan fingerprint density at radius 3 is 2.29 bits per heavy atom. The molecular weight excluding hydrogens is 180 g/mol. The van der Waals surface area contributed by atoms with Crippen LogP contribution in [0.1, 0.15) is 6.42 Å². The van der Waals surface area contributed by atoms with Crippen molar-refractivity contribution < 1.29 is 8.76 Å². The van der Waals surface area contributed by atoms with E-state index in [1.165, 1.54) is 0 Å². The second-order valence-corrected chi connectivity index (χ2v) is 3.85. The molecule has 4 heteroatoms. The van der Waals surface area contributed by atoms with Gasteiger partial charge in [0.05, 0.1) is 0 Å². The molecule has 3 unspecified atom stereocenters. The Hall–Kier alpha value is 0.590. The fraction of sp³-hybridized carbons (Fsp3) is 1.00. The predicted molar refractivity (Wildman–Crippen MR) is 30.0 cm³/mol. The van der Waals surface area contributed by atoms with Crippen LogP contribution >= 0.6 is 15.9 Å². The van der Waals surface area contributed by atoms with E-state index in [0.29, 0.717) is 0 Å². The molecule has 3 atom stereocenters. The van der Waals surface area contributed by atoms with Gasteiger partial charge < -0.3 is 4.55 Å². The molecule has 0 aromatic carbocycles. The van der Waals surface area contributed by atoms with Gasteiger partial charge in [0, 0.05) is 10.1 Å². The summed E-state index contributed by atoms with van der Waals surface area (Å²) in [6.07, 6.45) is 0.788. The second-order valence-electron chi connectivity index (χ2n) is 1.55. The van der Waals surface area contributed by atoms with Gasteiger partial charge in [-0.2, -0.15) is 0 Å². The van der Waals surface area contributed by atoms with Crippen LogP contribution in [0.25, 0.3) is 0 Å². The Labute approximate surface area is 52.7 Å². The minimum atomic E-state index is -1.83. The summed E-state index contributed by atoms with van der Waals surface area (Å²) in [6, 6.07) is 0. The van der Waals surface area contributed by atoms with Crippen molar-refractivity contribution in [2.24, 2.45) is 0 Å². The van der Waals surface area contributed by atoms with Crippen LogP contribution in [0.2, 0.25) is 0 Å². The normalized spacial score (nSPS) is 43.1. The topological polar surface area (TPSA) is 40.1 Å². The summed E-state index contributed by atoms with van der Waals surface area (Å²) in [7, 11) is 0. The highest BCUT2D eigenvalue weighted by Gasteiger charge is 2.35. The summed E-state index contributed by atoms with van der Waals surface area (Å²) < 4.78 is 19.9. The molecule has 2 nitrogen and oxygen atoms in total. The van der Waals surface area contributed by atoms with Crippen molar-refractivity contribution in [2.45, 2.75) is 16.5 Å². The van der Waals surface area contributed by atoms with Gasteiger partial charge in [0.25, 0.3) is 0 Å². The fourth-order valence-electron chi connectivity index (χ4n) is 0.342. The average Bonchev–Trinajstić information content (AvgIpc) is 2.17. The van der Waals surface area contributed by atoms with Crippen LogP contribution in [0.15, 0.2) is 0 Å². The number of halogens is 1. The molecule has 0 bridgehead atoms. The quantitative estimate of drug-likeness (QED) is 0.437. The molecular formula is C3H4BrO2S-. The Bertz CT molecular complexity index is 105. The van der Waals surface area contributed by atoms with Gasteiger partial charge in [-0.05, 0) is 6.42 Å². The fourth-order valence-corrected chi connectivity index (χ4v) is 2.13. The van der Waals surface area contributed by atoms with Gasteiger partial charge in [-0.15, -0.1) is 0 Å². The van der Waals surface area contributed by atoms with E-state index in [1.807, 2.05) is 0 Å². The van der Waals surface area contributed by atoms with E-state index >= 15 is 0 Å². The number of alkyl halides is 1. The zero-order valence-electron chi connectivity index (χ0n) is 3.46. The molecule has 0 heterocycles. The number of rotatable bonds is 1. The Balaban J connectivity index is 2.33. The largest absolute Gasteiger partial charge is 0.772 e. The van der Waals surface area contributed by atoms with Crippen molar-refractivity contribution in [3.05, 3.63) is 0 Å². The highest BCUT2D eigenvalue weighted by atomic mass is 79.9. The molecule has 0 radical (unpaired) electrons. The van der Waals surface area contributed by atoms with E-state index in [1.54, 1.807) is 0 Å². The van der Waals surface area contributed by atoms with Crippen LogP contribution < -0.4 is 0 Å². The van der Waals surface area contributed by atoms with Gasteiger partial charge >= 0.3 is 0 Å².